The number of benzene rings is 2. The maximum absolute atomic E-state index is 13.9. The molecule has 1 fully saturated rings. The molecule has 210 valence electrons. The molecular weight excluding hydrogens is 500 g/mol. The Morgan fingerprint density at radius 2 is 1.87 bits per heavy atom. The number of amides is 1. The molecule has 1 amide bonds. The van der Waals surface area contributed by atoms with Crippen LogP contribution in [0.25, 0.3) is 0 Å². The Hall–Kier alpha value is -3.87. The van der Waals surface area contributed by atoms with Crippen LogP contribution >= 0.6 is 0 Å². The first kappa shape index (κ1) is 29.7. The molecule has 4 atom stereocenters. The summed E-state index contributed by atoms with van der Waals surface area (Å²) in [6.45, 7) is 2.96. The van der Waals surface area contributed by atoms with E-state index in [0.29, 0.717) is 44.5 Å². The van der Waals surface area contributed by atoms with Gasteiger partial charge in [0.1, 0.15) is 5.66 Å². The van der Waals surface area contributed by atoms with E-state index in [4.69, 9.17) is 17.2 Å². The van der Waals surface area contributed by atoms with Crippen LogP contribution in [0.15, 0.2) is 59.6 Å². The largest absolute Gasteiger partial charge is 0.370 e. The average Bonchev–Trinajstić information content (AvgIpc) is 2.90. The molecule has 12 nitrogen and oxygen atoms in total. The van der Waals surface area contributed by atoms with Gasteiger partial charge in [-0.1, -0.05) is 37.3 Å². The number of nitrogens with one attached hydrogen (secondary N) is 3. The molecule has 2 aromatic rings. The van der Waals surface area contributed by atoms with Gasteiger partial charge in [-0.15, -0.1) is 0 Å². The summed E-state index contributed by atoms with van der Waals surface area (Å²) in [7, 11) is 0. The summed E-state index contributed by atoms with van der Waals surface area (Å²) < 4.78 is 0. The minimum atomic E-state index is -1.21. The number of nitrogens with zero attached hydrogens (tertiary/aromatic N) is 2. The van der Waals surface area contributed by atoms with Crippen molar-refractivity contribution in [2.45, 2.75) is 56.8 Å². The number of piperidine rings is 1. The summed E-state index contributed by atoms with van der Waals surface area (Å²) in [5.74, 6) is -0.435. The fourth-order valence-electron chi connectivity index (χ4n) is 4.84. The molecule has 1 aliphatic rings. The lowest BCUT2D eigenvalue weighted by molar-refractivity contribution is -0.384. The SMILES string of the molecule is CC1CCNC(N[C@@H](CCCN=C(N)N)C(=O)Nc2ccc([N+](=O)[O-])cc2)(C(=O)[C@H](N)Cc2ccccc2)C1. The highest BCUT2D eigenvalue weighted by Crippen LogP contribution is 2.26. The van der Waals surface area contributed by atoms with Crippen molar-refractivity contribution in [3.63, 3.8) is 0 Å². The summed E-state index contributed by atoms with van der Waals surface area (Å²) in [4.78, 5) is 41.9. The van der Waals surface area contributed by atoms with E-state index in [0.717, 1.165) is 12.0 Å². The van der Waals surface area contributed by atoms with Crippen LogP contribution in [0.3, 0.4) is 0 Å². The Morgan fingerprint density at radius 3 is 2.49 bits per heavy atom. The number of nitro benzene ring substituents is 1. The maximum Gasteiger partial charge on any atom is 0.269 e. The number of carbonyl (C=O) groups excluding carboxylic acids is 2. The van der Waals surface area contributed by atoms with Crippen molar-refractivity contribution >= 4 is 29.0 Å². The molecule has 0 spiro atoms. The van der Waals surface area contributed by atoms with Crippen LogP contribution in [0.4, 0.5) is 11.4 Å². The fraction of sp³-hybridized carbons (Fsp3) is 0.444. The van der Waals surface area contributed by atoms with Crippen LogP contribution in [0.5, 0.6) is 0 Å². The smallest absolute Gasteiger partial charge is 0.269 e. The standard InChI is InChI=1S/C27H38N8O4/c1-18-13-15-32-27(17-18,24(36)22(28)16-19-6-3-2-4-7-19)34-23(8-5-14-31-26(29)30)25(37)33-20-9-11-21(12-10-20)35(38)39/h2-4,6-7,9-12,18,22-23,32,34H,5,8,13-17,28H2,1H3,(H,33,37)(H4,29,30,31)/t18?,22-,23+,27?/m1/s1. The second kappa shape index (κ2) is 13.8. The zero-order chi connectivity index (χ0) is 28.4. The monoisotopic (exact) mass is 538 g/mol. The van der Waals surface area contributed by atoms with E-state index in [-0.39, 0.29) is 23.3 Å². The van der Waals surface area contributed by atoms with E-state index in [9.17, 15) is 19.7 Å². The van der Waals surface area contributed by atoms with E-state index in [1.54, 1.807) is 0 Å². The number of ketones is 1. The minimum Gasteiger partial charge on any atom is -0.370 e. The van der Waals surface area contributed by atoms with Crippen molar-refractivity contribution in [2.75, 3.05) is 18.4 Å². The van der Waals surface area contributed by atoms with Gasteiger partial charge in [-0.3, -0.25) is 35.3 Å². The Morgan fingerprint density at radius 1 is 1.18 bits per heavy atom. The summed E-state index contributed by atoms with van der Waals surface area (Å²) in [6.07, 6.45) is 2.51. The van der Waals surface area contributed by atoms with Crippen LogP contribution < -0.4 is 33.2 Å². The van der Waals surface area contributed by atoms with Gasteiger partial charge in [0.15, 0.2) is 11.7 Å². The van der Waals surface area contributed by atoms with Crippen LogP contribution in [0.2, 0.25) is 0 Å². The van der Waals surface area contributed by atoms with Gasteiger partial charge in [-0.25, -0.2) is 0 Å². The molecule has 9 N–H and O–H groups in total. The van der Waals surface area contributed by atoms with Crippen molar-refractivity contribution in [1.82, 2.24) is 10.6 Å². The molecule has 0 bridgehead atoms. The predicted molar refractivity (Wildman–Crippen MR) is 151 cm³/mol. The highest BCUT2D eigenvalue weighted by molar-refractivity contribution is 5.97. The van der Waals surface area contributed by atoms with Crippen LogP contribution in [-0.4, -0.2) is 53.4 Å². The van der Waals surface area contributed by atoms with E-state index in [1.165, 1.54) is 24.3 Å². The zero-order valence-electron chi connectivity index (χ0n) is 22.1. The molecule has 0 saturated carbocycles. The number of hydrogen-bond donors (Lipinski definition) is 6. The van der Waals surface area contributed by atoms with E-state index < -0.39 is 28.6 Å². The van der Waals surface area contributed by atoms with Gasteiger partial charge >= 0.3 is 0 Å². The summed E-state index contributed by atoms with van der Waals surface area (Å²) >= 11 is 0. The third-order valence-electron chi connectivity index (χ3n) is 6.80. The van der Waals surface area contributed by atoms with Gasteiger partial charge in [0.2, 0.25) is 5.91 Å². The molecule has 2 aromatic carbocycles. The van der Waals surface area contributed by atoms with Gasteiger partial charge in [0.25, 0.3) is 5.69 Å². The number of Topliss-reactive ketones (excluding diaryl/α,β-unsaturated/α-hetero) is 1. The molecule has 12 heteroatoms. The first-order valence-corrected chi connectivity index (χ1v) is 13.1. The highest BCUT2D eigenvalue weighted by atomic mass is 16.6. The number of non-ortho nitro benzene ring substituents is 1. The molecule has 0 aliphatic carbocycles. The number of hydrogen-bond acceptors (Lipinski definition) is 8. The summed E-state index contributed by atoms with van der Waals surface area (Å²) in [6, 6.07) is 13.5. The Bertz CT molecular complexity index is 1150. The zero-order valence-corrected chi connectivity index (χ0v) is 22.1. The maximum atomic E-state index is 13.9. The van der Waals surface area contributed by atoms with Gasteiger partial charge in [0.05, 0.1) is 17.0 Å². The molecule has 2 unspecified atom stereocenters. The first-order valence-electron chi connectivity index (χ1n) is 13.1. The molecule has 3 rings (SSSR count). The topological polar surface area (TPSA) is 204 Å². The summed E-state index contributed by atoms with van der Waals surface area (Å²) in [5.41, 5.74) is 17.4. The quantitative estimate of drug-likeness (QED) is 0.0716. The normalized spacial score (nSPS) is 20.4. The van der Waals surface area contributed by atoms with Crippen molar-refractivity contribution < 1.29 is 14.5 Å². The van der Waals surface area contributed by atoms with Crippen molar-refractivity contribution in [3.8, 4) is 0 Å². The van der Waals surface area contributed by atoms with Crippen LogP contribution in [0, 0.1) is 16.0 Å². The second-order valence-corrected chi connectivity index (χ2v) is 10.0. The predicted octanol–water partition coefficient (Wildman–Crippen LogP) is 1.40. The Labute approximate surface area is 227 Å². The van der Waals surface area contributed by atoms with Crippen molar-refractivity contribution in [1.29, 1.82) is 0 Å². The van der Waals surface area contributed by atoms with Gasteiger partial charge in [-0.05, 0) is 62.3 Å². The number of nitrogens with two attached hydrogens (primary N) is 3. The van der Waals surface area contributed by atoms with Gasteiger partial charge in [0, 0.05) is 24.4 Å². The minimum absolute atomic E-state index is 0.0452. The van der Waals surface area contributed by atoms with Crippen LogP contribution in [0.1, 0.15) is 38.2 Å². The number of guanidine groups is 1. The molecule has 0 radical (unpaired) electrons. The number of aliphatic imine (C=N–C) groups is 1. The third kappa shape index (κ3) is 8.57. The number of anilines is 1. The Balaban J connectivity index is 1.84. The number of carbonyl (C=O) groups is 2. The molecule has 1 saturated heterocycles. The molecule has 0 aromatic heterocycles. The lowest BCUT2D eigenvalue weighted by atomic mass is 9.82. The highest BCUT2D eigenvalue weighted by Gasteiger charge is 2.45. The van der Waals surface area contributed by atoms with Crippen molar-refractivity contribution in [2.24, 2.45) is 28.1 Å². The molecule has 1 heterocycles. The average molecular weight is 539 g/mol. The van der Waals surface area contributed by atoms with E-state index in [2.05, 4.69) is 27.9 Å². The molecule has 1 aliphatic heterocycles. The lowest BCUT2D eigenvalue weighted by Gasteiger charge is -2.43. The Kier molecular flexibility index (Phi) is 10.5. The third-order valence-corrected chi connectivity index (χ3v) is 6.80. The van der Waals surface area contributed by atoms with Gasteiger partial charge in [-0.2, -0.15) is 0 Å². The molecular formula is C27H38N8O4. The van der Waals surface area contributed by atoms with Crippen molar-refractivity contribution in [3.05, 3.63) is 70.3 Å². The van der Waals surface area contributed by atoms with Crippen LogP contribution in [-0.2, 0) is 16.0 Å². The first-order chi connectivity index (χ1) is 18.6. The second-order valence-electron chi connectivity index (χ2n) is 10.0. The lowest BCUT2D eigenvalue weighted by Crippen LogP contribution is -2.71. The summed E-state index contributed by atoms with van der Waals surface area (Å²) in [5, 5.41) is 20.5. The number of rotatable bonds is 13. The molecule has 39 heavy (non-hydrogen) atoms. The number of nitro groups is 1. The van der Waals surface area contributed by atoms with E-state index in [1.807, 2.05) is 30.3 Å². The fourth-order valence-corrected chi connectivity index (χ4v) is 4.84. The van der Waals surface area contributed by atoms with E-state index >= 15 is 0 Å². The van der Waals surface area contributed by atoms with Gasteiger partial charge < -0.3 is 22.5 Å².